The van der Waals surface area contributed by atoms with Gasteiger partial charge in [-0.05, 0) is 29.7 Å². The van der Waals surface area contributed by atoms with Crippen molar-refractivity contribution in [2.45, 2.75) is 24.3 Å². The van der Waals surface area contributed by atoms with Gasteiger partial charge in [0.15, 0.2) is 11.6 Å². The summed E-state index contributed by atoms with van der Waals surface area (Å²) in [5.74, 6) is -5.97. The van der Waals surface area contributed by atoms with Crippen LogP contribution in [0.15, 0.2) is 36.4 Å². The van der Waals surface area contributed by atoms with Crippen LogP contribution in [0.25, 0.3) is 0 Å². The molecule has 1 spiro atoms. The normalized spacial score (nSPS) is 21.2. The van der Waals surface area contributed by atoms with Crippen LogP contribution < -0.4 is 10.6 Å². The highest BCUT2D eigenvalue weighted by atomic mass is 19.2. The molecule has 2 aromatic carbocycles. The van der Waals surface area contributed by atoms with Gasteiger partial charge in [0.1, 0.15) is 11.9 Å². The second kappa shape index (κ2) is 8.00. The molecular formula is C22H17F3N4O3. The van der Waals surface area contributed by atoms with Crippen LogP contribution in [0.2, 0.25) is 0 Å². The minimum Gasteiger partial charge on any atom is -0.347 e. The zero-order valence-corrected chi connectivity index (χ0v) is 16.6. The number of hydrogen-bond acceptors (Lipinski definition) is 4. The van der Waals surface area contributed by atoms with Gasteiger partial charge < -0.3 is 15.5 Å². The lowest BCUT2D eigenvalue weighted by Gasteiger charge is -2.22. The highest BCUT2D eigenvalue weighted by molar-refractivity contribution is 6.35. The minimum atomic E-state index is -1.35. The second-order valence-corrected chi connectivity index (χ2v) is 7.73. The molecular weight excluding hydrogens is 425 g/mol. The highest BCUT2D eigenvalue weighted by Gasteiger charge is 2.56. The van der Waals surface area contributed by atoms with Crippen LogP contribution in [-0.2, 0) is 26.2 Å². The predicted octanol–water partition coefficient (Wildman–Crippen LogP) is 1.78. The van der Waals surface area contributed by atoms with Crippen LogP contribution in [-0.4, -0.2) is 41.8 Å². The Morgan fingerprint density at radius 2 is 2.00 bits per heavy atom. The average Bonchev–Trinajstić information content (AvgIpc) is 3.29. The number of anilines is 1. The van der Waals surface area contributed by atoms with Gasteiger partial charge in [0, 0.05) is 31.3 Å². The molecule has 164 valence electrons. The largest absolute Gasteiger partial charge is 0.347 e. The van der Waals surface area contributed by atoms with Gasteiger partial charge >= 0.3 is 11.8 Å². The number of nitrogens with zero attached hydrogens (tertiary/aromatic N) is 2. The molecule has 1 saturated heterocycles. The van der Waals surface area contributed by atoms with E-state index in [2.05, 4.69) is 10.6 Å². The lowest BCUT2D eigenvalue weighted by atomic mass is 9.80. The molecule has 10 heteroatoms. The summed E-state index contributed by atoms with van der Waals surface area (Å²) in [6.07, 6.45) is -0.208. The molecule has 1 fully saturated rings. The van der Waals surface area contributed by atoms with Crippen molar-refractivity contribution in [3.05, 3.63) is 65.0 Å². The van der Waals surface area contributed by atoms with Crippen molar-refractivity contribution < 1.29 is 27.6 Å². The summed E-state index contributed by atoms with van der Waals surface area (Å²) in [4.78, 5) is 38.9. The number of para-hydroxylation sites is 1. The number of carbonyl (C=O) groups excluding carboxylic acids is 3. The number of carbonyl (C=O) groups is 3. The molecule has 2 N–H and O–H groups in total. The molecule has 2 aliphatic heterocycles. The summed E-state index contributed by atoms with van der Waals surface area (Å²) in [5.41, 5.74) is -0.166. The maximum Gasteiger partial charge on any atom is 0.312 e. The number of amides is 3. The van der Waals surface area contributed by atoms with Crippen molar-refractivity contribution in [3.8, 4) is 6.07 Å². The van der Waals surface area contributed by atoms with E-state index in [1.165, 1.54) is 0 Å². The topological polar surface area (TPSA) is 102 Å². The Kier molecular flexibility index (Phi) is 5.34. The molecule has 4 rings (SSSR count). The molecule has 7 nitrogen and oxygen atoms in total. The number of likely N-dealkylation sites (tertiary alicyclic amines) is 1. The third-order valence-electron chi connectivity index (χ3n) is 5.84. The molecule has 0 radical (unpaired) electrons. The van der Waals surface area contributed by atoms with Gasteiger partial charge in [0.25, 0.3) is 0 Å². The number of rotatable bonds is 3. The van der Waals surface area contributed by atoms with Gasteiger partial charge in [0.2, 0.25) is 5.91 Å². The predicted molar refractivity (Wildman–Crippen MR) is 106 cm³/mol. The molecule has 2 aliphatic rings. The van der Waals surface area contributed by atoms with E-state index in [9.17, 15) is 32.8 Å². The lowest BCUT2D eigenvalue weighted by Crippen LogP contribution is -2.47. The monoisotopic (exact) mass is 442 g/mol. The van der Waals surface area contributed by atoms with E-state index in [1.54, 1.807) is 24.3 Å². The van der Waals surface area contributed by atoms with Gasteiger partial charge in [-0.2, -0.15) is 5.26 Å². The molecule has 0 aliphatic carbocycles. The minimum absolute atomic E-state index is 0.0408. The summed E-state index contributed by atoms with van der Waals surface area (Å²) >= 11 is 0. The van der Waals surface area contributed by atoms with Crippen LogP contribution >= 0.6 is 0 Å². The van der Waals surface area contributed by atoms with Crippen molar-refractivity contribution in [2.75, 3.05) is 18.4 Å². The number of benzene rings is 2. The molecule has 0 saturated carbocycles. The first kappa shape index (κ1) is 21.4. The van der Waals surface area contributed by atoms with Crippen molar-refractivity contribution in [2.24, 2.45) is 0 Å². The van der Waals surface area contributed by atoms with Crippen LogP contribution in [0, 0.1) is 28.8 Å². The summed E-state index contributed by atoms with van der Waals surface area (Å²) < 4.78 is 40.3. The molecule has 2 atom stereocenters. The lowest BCUT2D eigenvalue weighted by molar-refractivity contribution is -0.146. The van der Waals surface area contributed by atoms with Crippen LogP contribution in [0.3, 0.4) is 0 Å². The van der Waals surface area contributed by atoms with E-state index in [-0.39, 0.29) is 37.4 Å². The van der Waals surface area contributed by atoms with E-state index in [0.29, 0.717) is 17.3 Å². The molecule has 3 amide bonds. The number of hydrogen-bond donors (Lipinski definition) is 2. The smallest absolute Gasteiger partial charge is 0.312 e. The fourth-order valence-electron chi connectivity index (χ4n) is 4.28. The van der Waals surface area contributed by atoms with Crippen molar-refractivity contribution >= 4 is 23.4 Å². The van der Waals surface area contributed by atoms with E-state index < -0.39 is 40.7 Å². The maximum absolute atomic E-state index is 13.7. The Hall–Kier alpha value is -3.87. The quantitative estimate of drug-likeness (QED) is 0.559. The van der Waals surface area contributed by atoms with Crippen LogP contribution in [0.1, 0.15) is 17.5 Å². The number of fused-ring (bicyclic) bond motifs is 2. The Balaban J connectivity index is 1.46. The van der Waals surface area contributed by atoms with Crippen LogP contribution in [0.5, 0.6) is 0 Å². The summed E-state index contributed by atoms with van der Waals surface area (Å²) in [7, 11) is 0. The highest BCUT2D eigenvalue weighted by Crippen LogP contribution is 2.46. The fraction of sp³-hybridized carbons (Fsp3) is 0.273. The van der Waals surface area contributed by atoms with Gasteiger partial charge in [-0.15, -0.1) is 0 Å². The van der Waals surface area contributed by atoms with Crippen molar-refractivity contribution in [1.29, 1.82) is 5.26 Å². The SMILES string of the molecule is N#C[C@@H]1C[C@@]2(CN1C(=O)C(=O)NCCc1cc(F)cc(F)c1F)C(=O)Nc1ccccc12. The molecule has 2 heterocycles. The number of halogens is 3. The second-order valence-electron chi connectivity index (χ2n) is 7.73. The molecule has 0 aromatic heterocycles. The summed E-state index contributed by atoms with van der Waals surface area (Å²) in [6.45, 7) is -0.409. The standard InChI is InChI=1S/C22H17F3N4O3/c23-13-7-12(18(25)16(24)8-13)5-6-27-19(30)20(31)29-11-22(9-14(29)10-26)15-3-1-2-4-17(15)28-21(22)32/h1-4,7-8,14H,5-6,9,11H2,(H,27,30)(H,28,32)/t14-,22-/m0/s1. The number of nitriles is 1. The third kappa shape index (κ3) is 3.45. The molecule has 0 unspecified atom stereocenters. The molecule has 2 aromatic rings. The number of nitrogens with one attached hydrogen (secondary N) is 2. The zero-order chi connectivity index (χ0) is 23.0. The zero-order valence-electron chi connectivity index (χ0n) is 16.6. The first-order chi connectivity index (χ1) is 15.3. The van der Waals surface area contributed by atoms with Gasteiger partial charge in [-0.25, -0.2) is 13.2 Å². The van der Waals surface area contributed by atoms with E-state index in [1.807, 2.05) is 6.07 Å². The maximum atomic E-state index is 13.7. The Bertz CT molecular complexity index is 1180. The van der Waals surface area contributed by atoms with Crippen molar-refractivity contribution in [3.63, 3.8) is 0 Å². The summed E-state index contributed by atoms with van der Waals surface area (Å²) in [5, 5.41) is 14.6. The molecule has 0 bridgehead atoms. The van der Waals surface area contributed by atoms with Crippen molar-refractivity contribution in [1.82, 2.24) is 10.2 Å². The van der Waals surface area contributed by atoms with Gasteiger partial charge in [-0.3, -0.25) is 14.4 Å². The fourth-order valence-corrected chi connectivity index (χ4v) is 4.28. The molecule has 32 heavy (non-hydrogen) atoms. The average molecular weight is 442 g/mol. The Morgan fingerprint density at radius 3 is 2.75 bits per heavy atom. The summed E-state index contributed by atoms with van der Waals surface area (Å²) in [6, 6.07) is 9.12. The van der Waals surface area contributed by atoms with E-state index >= 15 is 0 Å². The Labute approximate surface area is 180 Å². The van der Waals surface area contributed by atoms with Gasteiger partial charge in [0.05, 0.1) is 11.5 Å². The van der Waals surface area contributed by atoms with Gasteiger partial charge in [-0.1, -0.05) is 18.2 Å². The van der Waals surface area contributed by atoms with E-state index in [4.69, 9.17) is 0 Å². The first-order valence-corrected chi connectivity index (χ1v) is 9.79. The van der Waals surface area contributed by atoms with Crippen LogP contribution in [0.4, 0.5) is 18.9 Å². The third-order valence-corrected chi connectivity index (χ3v) is 5.84. The van der Waals surface area contributed by atoms with E-state index in [0.717, 1.165) is 11.0 Å². The first-order valence-electron chi connectivity index (χ1n) is 9.79. The Morgan fingerprint density at radius 1 is 1.25 bits per heavy atom.